The van der Waals surface area contributed by atoms with Crippen molar-refractivity contribution >= 4 is 15.7 Å². The number of sulfonamides is 1. The molecular formula is C15H23FN2O2S. The van der Waals surface area contributed by atoms with Gasteiger partial charge >= 0.3 is 0 Å². The smallest absolute Gasteiger partial charge is 0.243 e. The molecule has 0 heterocycles. The number of hydrogen-bond donors (Lipinski definition) is 1. The van der Waals surface area contributed by atoms with Crippen LogP contribution in [-0.2, 0) is 10.0 Å². The third kappa shape index (κ3) is 2.92. The normalized spacial score (nSPS) is 16.2. The third-order valence-electron chi connectivity index (χ3n) is 4.34. The van der Waals surface area contributed by atoms with Crippen LogP contribution in [0.25, 0.3) is 0 Å². The summed E-state index contributed by atoms with van der Waals surface area (Å²) in [5.41, 5.74) is 6.30. The van der Waals surface area contributed by atoms with Gasteiger partial charge in [-0.25, -0.2) is 12.8 Å². The van der Waals surface area contributed by atoms with E-state index < -0.39 is 15.8 Å². The van der Waals surface area contributed by atoms with Crippen molar-refractivity contribution in [1.29, 1.82) is 0 Å². The van der Waals surface area contributed by atoms with Crippen LogP contribution in [0, 0.1) is 25.6 Å². The molecule has 1 fully saturated rings. The maximum atomic E-state index is 13.6. The molecule has 0 aromatic heterocycles. The Bertz CT molecular complexity index is 640. The van der Waals surface area contributed by atoms with Crippen LogP contribution in [0.15, 0.2) is 11.0 Å². The molecule has 0 unspecified atom stereocenters. The number of nitrogens with zero attached hydrogens (tertiary/aromatic N) is 1. The van der Waals surface area contributed by atoms with Gasteiger partial charge in [0.2, 0.25) is 10.0 Å². The van der Waals surface area contributed by atoms with Crippen molar-refractivity contribution in [3.05, 3.63) is 23.0 Å². The summed E-state index contributed by atoms with van der Waals surface area (Å²) in [7, 11) is -3.64. The van der Waals surface area contributed by atoms with Gasteiger partial charge in [-0.15, -0.1) is 0 Å². The van der Waals surface area contributed by atoms with Gasteiger partial charge in [0.15, 0.2) is 0 Å². The predicted molar refractivity (Wildman–Crippen MR) is 82.1 cm³/mol. The van der Waals surface area contributed by atoms with Crippen LogP contribution in [0.4, 0.5) is 10.1 Å². The van der Waals surface area contributed by atoms with Gasteiger partial charge in [0.05, 0.1) is 10.6 Å². The van der Waals surface area contributed by atoms with Crippen molar-refractivity contribution < 1.29 is 12.8 Å². The highest BCUT2D eigenvalue weighted by Gasteiger charge is 2.31. The summed E-state index contributed by atoms with van der Waals surface area (Å²) in [6.45, 7) is 5.95. The molecule has 0 bridgehead atoms. The van der Waals surface area contributed by atoms with E-state index in [0.717, 1.165) is 12.8 Å². The summed E-state index contributed by atoms with van der Waals surface area (Å²) in [5.74, 6) is -0.121. The lowest BCUT2D eigenvalue weighted by Crippen LogP contribution is -2.38. The Morgan fingerprint density at radius 1 is 1.38 bits per heavy atom. The van der Waals surface area contributed by atoms with E-state index in [1.165, 1.54) is 16.8 Å². The molecule has 0 amide bonds. The fourth-order valence-corrected chi connectivity index (χ4v) is 4.79. The molecule has 118 valence electrons. The Labute approximate surface area is 126 Å². The van der Waals surface area contributed by atoms with E-state index in [2.05, 4.69) is 0 Å². The Hall–Kier alpha value is -1.14. The number of benzene rings is 1. The zero-order chi connectivity index (χ0) is 15.8. The first kappa shape index (κ1) is 16.2. The second-order valence-corrected chi connectivity index (χ2v) is 7.67. The highest BCUT2D eigenvalue weighted by atomic mass is 32.2. The summed E-state index contributed by atoms with van der Waals surface area (Å²) in [5, 5.41) is 0. The van der Waals surface area contributed by atoms with Gasteiger partial charge in [-0.2, -0.15) is 4.31 Å². The van der Waals surface area contributed by atoms with E-state index in [9.17, 15) is 12.8 Å². The summed E-state index contributed by atoms with van der Waals surface area (Å²) in [4.78, 5) is 0.155. The first-order valence-corrected chi connectivity index (χ1v) is 8.78. The quantitative estimate of drug-likeness (QED) is 0.850. The summed E-state index contributed by atoms with van der Waals surface area (Å²) in [6.07, 6.45) is 3.33. The molecule has 21 heavy (non-hydrogen) atoms. The fraction of sp³-hybridized carbons (Fsp3) is 0.600. The molecule has 2 N–H and O–H groups in total. The van der Waals surface area contributed by atoms with E-state index in [0.29, 0.717) is 30.1 Å². The van der Waals surface area contributed by atoms with Gasteiger partial charge in [-0.3, -0.25) is 0 Å². The van der Waals surface area contributed by atoms with Crippen LogP contribution < -0.4 is 5.73 Å². The standard InChI is InChI=1S/C15H23FN2O2S/c1-4-18(9-12-6-5-7-12)21(19,20)15-10(2)8-13(16)14(17)11(15)3/h8,12H,4-7,9,17H2,1-3H3. The SMILES string of the molecule is CCN(CC1CCC1)S(=O)(=O)c1c(C)cc(F)c(N)c1C. The molecule has 2 rings (SSSR count). The van der Waals surface area contributed by atoms with E-state index in [-0.39, 0.29) is 10.6 Å². The molecule has 1 aliphatic rings. The average Bonchev–Trinajstić information content (AvgIpc) is 2.34. The summed E-state index contributed by atoms with van der Waals surface area (Å²) in [6, 6.07) is 1.20. The van der Waals surface area contributed by atoms with Crippen LogP contribution in [0.2, 0.25) is 0 Å². The van der Waals surface area contributed by atoms with E-state index in [1.807, 2.05) is 6.92 Å². The minimum atomic E-state index is -3.64. The topological polar surface area (TPSA) is 63.4 Å². The van der Waals surface area contributed by atoms with Gasteiger partial charge in [0, 0.05) is 13.1 Å². The van der Waals surface area contributed by atoms with Crippen molar-refractivity contribution in [3.63, 3.8) is 0 Å². The van der Waals surface area contributed by atoms with Gasteiger partial charge in [-0.1, -0.05) is 13.3 Å². The first-order valence-electron chi connectivity index (χ1n) is 7.34. The monoisotopic (exact) mass is 314 g/mol. The van der Waals surface area contributed by atoms with Gasteiger partial charge in [0.1, 0.15) is 5.82 Å². The van der Waals surface area contributed by atoms with Crippen molar-refractivity contribution in [2.75, 3.05) is 18.8 Å². The number of aryl methyl sites for hydroxylation is 1. The molecule has 1 aromatic rings. The molecule has 0 radical (unpaired) electrons. The molecule has 1 aliphatic carbocycles. The molecule has 4 nitrogen and oxygen atoms in total. The maximum absolute atomic E-state index is 13.6. The Balaban J connectivity index is 2.44. The van der Waals surface area contributed by atoms with Crippen molar-refractivity contribution in [1.82, 2.24) is 4.31 Å². The fourth-order valence-electron chi connectivity index (χ4n) is 2.82. The van der Waals surface area contributed by atoms with E-state index in [4.69, 9.17) is 5.73 Å². The molecule has 0 spiro atoms. The molecule has 0 saturated heterocycles. The molecular weight excluding hydrogens is 291 g/mol. The maximum Gasteiger partial charge on any atom is 0.243 e. The zero-order valence-electron chi connectivity index (χ0n) is 12.8. The third-order valence-corrected chi connectivity index (χ3v) is 6.57. The van der Waals surface area contributed by atoms with Crippen molar-refractivity contribution in [2.45, 2.75) is 44.9 Å². The van der Waals surface area contributed by atoms with Gasteiger partial charge in [-0.05, 0) is 49.8 Å². The number of hydrogen-bond acceptors (Lipinski definition) is 3. The van der Waals surface area contributed by atoms with Crippen LogP contribution in [-0.4, -0.2) is 25.8 Å². The minimum Gasteiger partial charge on any atom is -0.396 e. The minimum absolute atomic E-state index is 0.0844. The number of nitrogen functional groups attached to an aromatic ring is 1. The number of nitrogens with two attached hydrogens (primary N) is 1. The highest BCUT2D eigenvalue weighted by molar-refractivity contribution is 7.89. The molecule has 1 aromatic carbocycles. The van der Waals surface area contributed by atoms with Crippen molar-refractivity contribution in [3.8, 4) is 0 Å². The summed E-state index contributed by atoms with van der Waals surface area (Å²) >= 11 is 0. The van der Waals surface area contributed by atoms with Gasteiger partial charge < -0.3 is 5.73 Å². The van der Waals surface area contributed by atoms with Crippen LogP contribution >= 0.6 is 0 Å². The second-order valence-electron chi connectivity index (χ2n) is 5.80. The van der Waals surface area contributed by atoms with Crippen LogP contribution in [0.3, 0.4) is 0 Å². The van der Waals surface area contributed by atoms with Crippen molar-refractivity contribution in [2.24, 2.45) is 5.92 Å². The summed E-state index contributed by atoms with van der Waals surface area (Å²) < 4.78 is 40.9. The van der Waals surface area contributed by atoms with Crippen LogP contribution in [0.1, 0.15) is 37.3 Å². The lowest BCUT2D eigenvalue weighted by atomic mass is 9.85. The van der Waals surface area contributed by atoms with E-state index >= 15 is 0 Å². The Morgan fingerprint density at radius 3 is 2.48 bits per heavy atom. The van der Waals surface area contributed by atoms with Crippen LogP contribution in [0.5, 0.6) is 0 Å². The largest absolute Gasteiger partial charge is 0.396 e. The molecule has 6 heteroatoms. The number of rotatable bonds is 5. The first-order chi connectivity index (χ1) is 9.78. The number of halogens is 1. The number of anilines is 1. The average molecular weight is 314 g/mol. The Morgan fingerprint density at radius 2 is 2.00 bits per heavy atom. The second kappa shape index (κ2) is 5.93. The lowest BCUT2D eigenvalue weighted by molar-refractivity contribution is 0.250. The van der Waals surface area contributed by atoms with Gasteiger partial charge in [0.25, 0.3) is 0 Å². The molecule has 0 atom stereocenters. The molecule has 0 aliphatic heterocycles. The van der Waals surface area contributed by atoms with E-state index in [1.54, 1.807) is 13.8 Å². The highest BCUT2D eigenvalue weighted by Crippen LogP contribution is 2.32. The predicted octanol–water partition coefficient (Wildman–Crippen LogP) is 2.84. The zero-order valence-corrected chi connectivity index (χ0v) is 13.6. The molecule has 1 saturated carbocycles. The Kier molecular flexibility index (Phi) is 4.58. The lowest BCUT2D eigenvalue weighted by Gasteiger charge is -2.32.